The molecule has 2 nitrogen and oxygen atoms in total. The molecule has 0 amide bonds. The molecular formula is C30H34Cl2N2. The lowest BCUT2D eigenvalue weighted by Crippen LogP contribution is -2.23. The number of rotatable bonds is 6. The normalized spacial score (nSPS) is 20.8. The zero-order valence-electron chi connectivity index (χ0n) is 19.6. The second-order valence-electron chi connectivity index (χ2n) is 9.75. The van der Waals surface area contributed by atoms with E-state index in [2.05, 4.69) is 94.7 Å². The summed E-state index contributed by atoms with van der Waals surface area (Å²) >= 11 is 0. The van der Waals surface area contributed by atoms with Crippen molar-refractivity contribution in [2.24, 2.45) is 11.8 Å². The van der Waals surface area contributed by atoms with Crippen molar-refractivity contribution in [1.82, 2.24) is 4.90 Å². The standard InChI is InChI=1S/C30H32N2.2ClH/c1-2-6-24(7-3-1)20-31-21-27-14-15-28(29(27)22-31)25-12-10-23(11-13-25)16-18-32-19-17-26-8-4-5-9-30(26)32;;/h1-13,15,27,29H,14,16-22H2;2*1H. The Morgan fingerprint density at radius 1 is 0.765 bits per heavy atom. The van der Waals surface area contributed by atoms with Crippen molar-refractivity contribution in [3.05, 3.63) is 107 Å². The Hall–Kier alpha value is -2.26. The smallest absolute Gasteiger partial charge is 0.0399 e. The number of likely N-dealkylation sites (tertiary alicyclic amines) is 1. The van der Waals surface area contributed by atoms with Crippen LogP contribution in [0, 0.1) is 11.8 Å². The van der Waals surface area contributed by atoms with Gasteiger partial charge in [0, 0.05) is 44.3 Å². The number of nitrogens with zero attached hydrogens (tertiary/aromatic N) is 2. The third kappa shape index (κ3) is 5.05. The van der Waals surface area contributed by atoms with Crippen molar-refractivity contribution in [3.8, 4) is 0 Å². The predicted molar refractivity (Wildman–Crippen MR) is 148 cm³/mol. The van der Waals surface area contributed by atoms with Gasteiger partial charge in [-0.1, -0.05) is 78.9 Å². The summed E-state index contributed by atoms with van der Waals surface area (Å²) in [6.07, 6.45) is 6.06. The number of fused-ring (bicyclic) bond motifs is 2. The van der Waals surface area contributed by atoms with Crippen LogP contribution in [0.15, 0.2) is 84.9 Å². The van der Waals surface area contributed by atoms with E-state index in [4.69, 9.17) is 0 Å². The number of hydrogen-bond acceptors (Lipinski definition) is 2. The van der Waals surface area contributed by atoms with E-state index in [0.29, 0.717) is 5.92 Å². The number of anilines is 1. The lowest BCUT2D eigenvalue weighted by atomic mass is 9.90. The van der Waals surface area contributed by atoms with E-state index in [1.807, 2.05) is 0 Å². The van der Waals surface area contributed by atoms with Gasteiger partial charge in [-0.15, -0.1) is 24.8 Å². The second-order valence-corrected chi connectivity index (χ2v) is 9.75. The highest BCUT2D eigenvalue weighted by Gasteiger charge is 2.38. The van der Waals surface area contributed by atoms with Crippen molar-refractivity contribution in [2.45, 2.75) is 25.8 Å². The molecule has 1 fully saturated rings. The zero-order valence-corrected chi connectivity index (χ0v) is 21.2. The van der Waals surface area contributed by atoms with Crippen molar-refractivity contribution < 1.29 is 0 Å². The highest BCUT2D eigenvalue weighted by atomic mass is 35.5. The minimum Gasteiger partial charge on any atom is -0.371 e. The Morgan fingerprint density at radius 2 is 1.53 bits per heavy atom. The summed E-state index contributed by atoms with van der Waals surface area (Å²) in [6, 6.07) is 29.3. The Balaban J connectivity index is 0.00000137. The Kier molecular flexibility index (Phi) is 8.03. The van der Waals surface area contributed by atoms with E-state index >= 15 is 0 Å². The number of halogens is 2. The van der Waals surface area contributed by atoms with Gasteiger partial charge in [-0.05, 0) is 59.1 Å². The molecule has 1 aliphatic carbocycles. The van der Waals surface area contributed by atoms with Crippen LogP contribution in [0.4, 0.5) is 5.69 Å². The van der Waals surface area contributed by atoms with Crippen LogP contribution in [0.1, 0.15) is 28.7 Å². The molecule has 0 radical (unpaired) electrons. The van der Waals surface area contributed by atoms with Crippen LogP contribution in [-0.2, 0) is 19.4 Å². The number of hydrogen-bond donors (Lipinski definition) is 0. The maximum Gasteiger partial charge on any atom is 0.0399 e. The molecule has 2 unspecified atom stereocenters. The Labute approximate surface area is 216 Å². The summed E-state index contributed by atoms with van der Waals surface area (Å²) in [4.78, 5) is 5.20. The lowest BCUT2D eigenvalue weighted by molar-refractivity contribution is 0.315. The maximum atomic E-state index is 2.65. The van der Waals surface area contributed by atoms with Gasteiger partial charge in [-0.3, -0.25) is 4.90 Å². The fraction of sp³-hybridized carbons (Fsp3) is 0.333. The van der Waals surface area contributed by atoms with E-state index in [1.54, 1.807) is 5.57 Å². The van der Waals surface area contributed by atoms with Gasteiger partial charge in [0.2, 0.25) is 0 Å². The fourth-order valence-corrected chi connectivity index (χ4v) is 6.05. The van der Waals surface area contributed by atoms with Crippen molar-refractivity contribution >= 4 is 36.1 Å². The molecule has 0 N–H and O–H groups in total. The minimum atomic E-state index is 0. The zero-order chi connectivity index (χ0) is 21.3. The number of benzene rings is 3. The SMILES string of the molecule is C1=C(c2ccc(CCN3CCc4ccccc43)cc2)C2CN(Cc3ccccc3)CC2C1.Cl.Cl. The van der Waals surface area contributed by atoms with Crippen LogP contribution in [0.3, 0.4) is 0 Å². The maximum absolute atomic E-state index is 2.65. The van der Waals surface area contributed by atoms with Gasteiger partial charge in [-0.25, -0.2) is 0 Å². The number of para-hydroxylation sites is 1. The van der Waals surface area contributed by atoms with Gasteiger partial charge in [0.25, 0.3) is 0 Å². The molecule has 3 aromatic rings. The molecule has 2 heterocycles. The van der Waals surface area contributed by atoms with Crippen molar-refractivity contribution in [3.63, 3.8) is 0 Å². The highest BCUT2D eigenvalue weighted by Crippen LogP contribution is 2.43. The topological polar surface area (TPSA) is 6.48 Å². The summed E-state index contributed by atoms with van der Waals surface area (Å²) in [5.41, 5.74) is 8.85. The molecule has 0 saturated carbocycles. The largest absolute Gasteiger partial charge is 0.371 e. The second kappa shape index (κ2) is 11.0. The third-order valence-corrected chi connectivity index (χ3v) is 7.75. The van der Waals surface area contributed by atoms with E-state index in [1.165, 1.54) is 53.9 Å². The predicted octanol–water partition coefficient (Wildman–Crippen LogP) is 6.67. The first-order valence-corrected chi connectivity index (χ1v) is 12.2. The van der Waals surface area contributed by atoms with Crippen LogP contribution >= 0.6 is 24.8 Å². The summed E-state index contributed by atoms with van der Waals surface area (Å²) in [7, 11) is 0. The third-order valence-electron chi connectivity index (χ3n) is 7.75. The van der Waals surface area contributed by atoms with Crippen LogP contribution in [-0.4, -0.2) is 31.1 Å². The van der Waals surface area contributed by atoms with Gasteiger partial charge in [0.1, 0.15) is 0 Å². The minimum absolute atomic E-state index is 0. The van der Waals surface area contributed by atoms with Crippen LogP contribution < -0.4 is 4.90 Å². The highest BCUT2D eigenvalue weighted by molar-refractivity contribution is 5.85. The van der Waals surface area contributed by atoms with Gasteiger partial charge in [0.15, 0.2) is 0 Å². The molecule has 0 bridgehead atoms. The van der Waals surface area contributed by atoms with Gasteiger partial charge in [0.05, 0.1) is 0 Å². The van der Waals surface area contributed by atoms with E-state index in [-0.39, 0.29) is 24.8 Å². The monoisotopic (exact) mass is 492 g/mol. The summed E-state index contributed by atoms with van der Waals surface area (Å²) in [6.45, 7) is 5.78. The Morgan fingerprint density at radius 3 is 2.35 bits per heavy atom. The van der Waals surface area contributed by atoms with E-state index < -0.39 is 0 Å². The molecule has 178 valence electrons. The first-order chi connectivity index (χ1) is 15.8. The van der Waals surface area contributed by atoms with Crippen molar-refractivity contribution in [2.75, 3.05) is 31.1 Å². The number of allylic oxidation sites excluding steroid dienone is 1. The molecule has 0 aromatic heterocycles. The van der Waals surface area contributed by atoms with Gasteiger partial charge in [-0.2, -0.15) is 0 Å². The van der Waals surface area contributed by atoms with Crippen LogP contribution in [0.25, 0.3) is 5.57 Å². The van der Waals surface area contributed by atoms with Gasteiger partial charge < -0.3 is 4.90 Å². The molecule has 3 aromatic carbocycles. The molecule has 34 heavy (non-hydrogen) atoms. The average Bonchev–Trinajstić information content (AvgIpc) is 3.53. The quantitative estimate of drug-likeness (QED) is 0.378. The van der Waals surface area contributed by atoms with Crippen LogP contribution in [0.5, 0.6) is 0 Å². The first kappa shape index (κ1) is 24.9. The molecule has 2 atom stereocenters. The summed E-state index contributed by atoms with van der Waals surface area (Å²) < 4.78 is 0. The van der Waals surface area contributed by atoms with Gasteiger partial charge >= 0.3 is 0 Å². The lowest BCUT2D eigenvalue weighted by Gasteiger charge is -2.20. The van der Waals surface area contributed by atoms with Crippen LogP contribution in [0.2, 0.25) is 0 Å². The van der Waals surface area contributed by atoms with Crippen molar-refractivity contribution in [1.29, 1.82) is 0 Å². The molecule has 2 aliphatic heterocycles. The fourth-order valence-electron chi connectivity index (χ4n) is 6.05. The molecule has 1 saturated heterocycles. The molecule has 4 heteroatoms. The summed E-state index contributed by atoms with van der Waals surface area (Å²) in [5, 5.41) is 0. The Bertz CT molecular complexity index is 1110. The molecule has 3 aliphatic rings. The van der Waals surface area contributed by atoms with E-state index in [9.17, 15) is 0 Å². The average molecular weight is 494 g/mol. The first-order valence-electron chi connectivity index (χ1n) is 12.2. The van der Waals surface area contributed by atoms with E-state index in [0.717, 1.165) is 32.0 Å². The summed E-state index contributed by atoms with van der Waals surface area (Å²) in [5.74, 6) is 1.49. The molecule has 0 spiro atoms. The molecular weight excluding hydrogens is 459 g/mol. The molecule has 6 rings (SSSR count).